The second-order valence-electron chi connectivity index (χ2n) is 4.79. The molecular formula is C12H24IN. The van der Waals surface area contributed by atoms with Gasteiger partial charge in [-0.2, -0.15) is 0 Å². The summed E-state index contributed by atoms with van der Waals surface area (Å²) in [6.07, 6.45) is 4.43. The molecule has 2 heteroatoms. The van der Waals surface area contributed by atoms with Crippen LogP contribution in [0.25, 0.3) is 0 Å². The zero-order chi connectivity index (χ0) is 11.1. The summed E-state index contributed by atoms with van der Waals surface area (Å²) in [5, 5.41) is 0. The molecule has 0 saturated carbocycles. The van der Waals surface area contributed by atoms with Crippen molar-refractivity contribution in [3.8, 4) is 0 Å². The molecule has 0 fully saturated rings. The molecule has 0 spiro atoms. The monoisotopic (exact) mass is 309 g/mol. The van der Waals surface area contributed by atoms with Crippen molar-refractivity contribution in [3.63, 3.8) is 0 Å². The molecule has 0 aliphatic rings. The summed E-state index contributed by atoms with van der Waals surface area (Å²) in [4.78, 5) is 4.67. The number of rotatable bonds is 6. The zero-order valence-electron chi connectivity index (χ0n) is 10.1. The van der Waals surface area contributed by atoms with E-state index in [1.54, 1.807) is 0 Å². The summed E-state index contributed by atoms with van der Waals surface area (Å²) < 4.78 is 0.697. The second kappa shape index (κ2) is 7.66. The van der Waals surface area contributed by atoms with Gasteiger partial charge in [-0.05, 0) is 24.7 Å². The van der Waals surface area contributed by atoms with Gasteiger partial charge in [-0.15, -0.1) is 0 Å². The van der Waals surface area contributed by atoms with Crippen molar-refractivity contribution in [1.29, 1.82) is 0 Å². The number of halogens is 1. The molecule has 2 atom stereocenters. The highest BCUT2D eigenvalue weighted by molar-refractivity contribution is 14.1. The Hall–Kier alpha value is 0.400. The van der Waals surface area contributed by atoms with Gasteiger partial charge < -0.3 is 0 Å². The van der Waals surface area contributed by atoms with Crippen LogP contribution in [0.2, 0.25) is 0 Å². The maximum Gasteiger partial charge on any atom is 0.0521 e. The molecule has 1 unspecified atom stereocenters. The van der Waals surface area contributed by atoms with Crippen molar-refractivity contribution >= 4 is 28.8 Å². The standard InChI is InChI=1S/C12H24IN/c1-9(2)8-12(10(3)4)14-7-6-11(5)13/h7,9-12H,6,8H2,1-5H3/t11-,12?/m0/s1. The van der Waals surface area contributed by atoms with Crippen LogP contribution in [0.15, 0.2) is 4.99 Å². The third-order valence-corrected chi connectivity index (χ3v) is 2.72. The van der Waals surface area contributed by atoms with Crippen LogP contribution < -0.4 is 0 Å². The molecule has 0 amide bonds. The van der Waals surface area contributed by atoms with E-state index < -0.39 is 0 Å². The van der Waals surface area contributed by atoms with Crippen LogP contribution in [-0.2, 0) is 0 Å². The molecule has 1 nitrogen and oxygen atoms in total. The summed E-state index contributed by atoms with van der Waals surface area (Å²) in [6.45, 7) is 11.3. The number of aliphatic imine (C=N–C) groups is 1. The highest BCUT2D eigenvalue weighted by atomic mass is 127. The number of nitrogens with zero attached hydrogens (tertiary/aromatic N) is 1. The lowest BCUT2D eigenvalue weighted by Gasteiger charge is -2.18. The van der Waals surface area contributed by atoms with E-state index in [0.29, 0.717) is 15.9 Å². The first kappa shape index (κ1) is 14.4. The van der Waals surface area contributed by atoms with Gasteiger partial charge >= 0.3 is 0 Å². The Kier molecular flexibility index (Phi) is 7.88. The quantitative estimate of drug-likeness (QED) is 0.393. The molecule has 0 radical (unpaired) electrons. The lowest BCUT2D eigenvalue weighted by atomic mass is 9.95. The number of alkyl halides is 1. The van der Waals surface area contributed by atoms with Crippen LogP contribution in [0.5, 0.6) is 0 Å². The maximum absolute atomic E-state index is 4.67. The third-order valence-electron chi connectivity index (χ3n) is 2.21. The van der Waals surface area contributed by atoms with E-state index in [0.717, 1.165) is 12.3 Å². The van der Waals surface area contributed by atoms with Gasteiger partial charge in [0.2, 0.25) is 0 Å². The fourth-order valence-electron chi connectivity index (χ4n) is 1.33. The molecule has 0 aromatic rings. The first-order valence-corrected chi connectivity index (χ1v) is 6.83. The molecule has 0 aliphatic carbocycles. The second-order valence-corrected chi connectivity index (χ2v) is 6.92. The molecular weight excluding hydrogens is 285 g/mol. The fraction of sp³-hybridized carbons (Fsp3) is 0.917. The predicted octanol–water partition coefficient (Wildman–Crippen LogP) is 4.34. The lowest BCUT2D eigenvalue weighted by Crippen LogP contribution is -2.16. The van der Waals surface area contributed by atoms with Gasteiger partial charge in [0.15, 0.2) is 0 Å². The average Bonchev–Trinajstić information content (AvgIpc) is 2.00. The molecule has 0 aromatic heterocycles. The van der Waals surface area contributed by atoms with Crippen molar-refractivity contribution in [3.05, 3.63) is 0 Å². The Morgan fingerprint density at radius 2 is 1.71 bits per heavy atom. The van der Waals surface area contributed by atoms with Gasteiger partial charge in [-0.25, -0.2) is 0 Å². The summed E-state index contributed by atoms with van der Waals surface area (Å²) in [6, 6.07) is 0.519. The van der Waals surface area contributed by atoms with Gasteiger partial charge in [0, 0.05) is 10.1 Å². The maximum atomic E-state index is 4.67. The lowest BCUT2D eigenvalue weighted by molar-refractivity contribution is 0.409. The highest BCUT2D eigenvalue weighted by Gasteiger charge is 2.12. The van der Waals surface area contributed by atoms with Crippen LogP contribution in [0.3, 0.4) is 0 Å². The van der Waals surface area contributed by atoms with Crippen LogP contribution in [-0.4, -0.2) is 16.2 Å². The minimum atomic E-state index is 0.519. The van der Waals surface area contributed by atoms with Crippen molar-refractivity contribution in [2.45, 2.75) is 57.4 Å². The molecule has 0 aliphatic heterocycles. The Bertz CT molecular complexity index is 162. The molecule has 0 aromatic carbocycles. The summed E-state index contributed by atoms with van der Waals surface area (Å²) >= 11 is 2.44. The highest BCUT2D eigenvalue weighted by Crippen LogP contribution is 2.16. The van der Waals surface area contributed by atoms with Crippen LogP contribution in [0.4, 0.5) is 0 Å². The summed E-state index contributed by atoms with van der Waals surface area (Å²) in [5.41, 5.74) is 0. The van der Waals surface area contributed by atoms with Crippen molar-refractivity contribution in [1.82, 2.24) is 0 Å². The minimum absolute atomic E-state index is 0.519. The smallest absolute Gasteiger partial charge is 0.0521 e. The van der Waals surface area contributed by atoms with Gasteiger partial charge in [0.05, 0.1) is 6.04 Å². The number of hydrogen-bond donors (Lipinski definition) is 0. The van der Waals surface area contributed by atoms with E-state index >= 15 is 0 Å². The van der Waals surface area contributed by atoms with E-state index in [1.807, 2.05) is 0 Å². The van der Waals surface area contributed by atoms with Crippen molar-refractivity contribution in [2.24, 2.45) is 16.8 Å². The molecule has 0 bridgehead atoms. The van der Waals surface area contributed by atoms with E-state index in [4.69, 9.17) is 0 Å². The largest absolute Gasteiger partial charge is 0.294 e. The summed E-state index contributed by atoms with van der Waals surface area (Å²) in [7, 11) is 0. The normalized spacial score (nSPS) is 16.9. The Labute approximate surface area is 103 Å². The van der Waals surface area contributed by atoms with E-state index in [-0.39, 0.29) is 0 Å². The zero-order valence-corrected chi connectivity index (χ0v) is 12.3. The Balaban J connectivity index is 4.02. The molecule has 14 heavy (non-hydrogen) atoms. The SMILES string of the molecule is CC(C)CC(N=CC[C@H](C)I)C(C)C. The Morgan fingerprint density at radius 1 is 1.14 bits per heavy atom. The molecule has 84 valence electrons. The van der Waals surface area contributed by atoms with Gasteiger partial charge in [0.25, 0.3) is 0 Å². The van der Waals surface area contributed by atoms with Crippen molar-refractivity contribution < 1.29 is 0 Å². The molecule has 0 N–H and O–H groups in total. The van der Waals surface area contributed by atoms with Crippen LogP contribution >= 0.6 is 22.6 Å². The fourth-order valence-corrected chi connectivity index (χ4v) is 1.56. The van der Waals surface area contributed by atoms with Gasteiger partial charge in [-0.3, -0.25) is 4.99 Å². The first-order chi connectivity index (χ1) is 6.43. The molecule has 0 saturated heterocycles. The first-order valence-electron chi connectivity index (χ1n) is 5.59. The van der Waals surface area contributed by atoms with Crippen LogP contribution in [0.1, 0.15) is 47.5 Å². The number of hydrogen-bond acceptors (Lipinski definition) is 1. The molecule has 0 heterocycles. The summed E-state index contributed by atoms with van der Waals surface area (Å²) in [5.74, 6) is 1.41. The van der Waals surface area contributed by atoms with Gasteiger partial charge in [0.1, 0.15) is 0 Å². The van der Waals surface area contributed by atoms with E-state index in [2.05, 4.69) is 68.4 Å². The van der Waals surface area contributed by atoms with Gasteiger partial charge in [-0.1, -0.05) is 57.2 Å². The third kappa shape index (κ3) is 7.77. The van der Waals surface area contributed by atoms with E-state index in [9.17, 15) is 0 Å². The molecule has 0 rings (SSSR count). The van der Waals surface area contributed by atoms with Crippen LogP contribution in [0, 0.1) is 11.8 Å². The Morgan fingerprint density at radius 3 is 2.07 bits per heavy atom. The topological polar surface area (TPSA) is 12.4 Å². The van der Waals surface area contributed by atoms with Crippen molar-refractivity contribution in [2.75, 3.05) is 0 Å². The minimum Gasteiger partial charge on any atom is -0.294 e. The predicted molar refractivity (Wildman–Crippen MR) is 74.7 cm³/mol. The average molecular weight is 309 g/mol. The van der Waals surface area contributed by atoms with E-state index in [1.165, 1.54) is 6.42 Å².